The van der Waals surface area contributed by atoms with E-state index in [2.05, 4.69) is 4.74 Å². The summed E-state index contributed by atoms with van der Waals surface area (Å²) in [5.41, 5.74) is 5.85. The molecule has 0 heterocycles. The molecule has 1 fully saturated rings. The lowest BCUT2D eigenvalue weighted by atomic mass is 9.93. The van der Waals surface area contributed by atoms with Crippen LogP contribution in [0.2, 0.25) is 0 Å². The second kappa shape index (κ2) is 6.45. The maximum absolute atomic E-state index is 11.8. The molecule has 0 aliphatic heterocycles. The van der Waals surface area contributed by atoms with Crippen molar-refractivity contribution in [3.05, 3.63) is 0 Å². The molecule has 2 nitrogen and oxygen atoms in total. The van der Waals surface area contributed by atoms with Crippen molar-refractivity contribution in [1.82, 2.24) is 0 Å². The standard InChI is InChI=1S/C11H20F3NO/c12-11(13,14)8-16-7-10(15)9-5-3-1-2-4-6-9/h9-10H,1-8,15H2. The molecule has 5 heteroatoms. The van der Waals surface area contributed by atoms with Crippen LogP contribution in [0.4, 0.5) is 13.2 Å². The van der Waals surface area contributed by atoms with E-state index in [0.29, 0.717) is 5.92 Å². The molecular formula is C11H20F3NO. The van der Waals surface area contributed by atoms with Gasteiger partial charge in [0.25, 0.3) is 0 Å². The first kappa shape index (κ1) is 13.8. The molecule has 0 aromatic carbocycles. The third-order valence-corrected chi connectivity index (χ3v) is 3.08. The molecule has 16 heavy (non-hydrogen) atoms. The van der Waals surface area contributed by atoms with Gasteiger partial charge in [0.05, 0.1) is 6.61 Å². The van der Waals surface area contributed by atoms with E-state index < -0.39 is 12.8 Å². The van der Waals surface area contributed by atoms with Crippen LogP contribution in [0.15, 0.2) is 0 Å². The third-order valence-electron chi connectivity index (χ3n) is 3.08. The van der Waals surface area contributed by atoms with E-state index in [1.165, 1.54) is 12.8 Å². The zero-order valence-corrected chi connectivity index (χ0v) is 9.43. The largest absolute Gasteiger partial charge is 0.411 e. The fourth-order valence-corrected chi connectivity index (χ4v) is 2.19. The van der Waals surface area contributed by atoms with Gasteiger partial charge in [-0.25, -0.2) is 0 Å². The Bertz CT molecular complexity index is 188. The zero-order chi connectivity index (χ0) is 12.0. The van der Waals surface area contributed by atoms with E-state index in [-0.39, 0.29) is 12.6 Å². The SMILES string of the molecule is NC(COCC(F)(F)F)C1CCCCCC1. The number of hydrogen-bond acceptors (Lipinski definition) is 2. The summed E-state index contributed by atoms with van der Waals surface area (Å²) in [5.74, 6) is 0.329. The molecule has 0 bridgehead atoms. The monoisotopic (exact) mass is 239 g/mol. The van der Waals surface area contributed by atoms with Crippen LogP contribution in [-0.4, -0.2) is 25.4 Å². The lowest BCUT2D eigenvalue weighted by Crippen LogP contribution is -2.36. The molecule has 1 rings (SSSR count). The molecule has 1 aliphatic carbocycles. The molecule has 1 unspecified atom stereocenters. The third kappa shape index (κ3) is 5.70. The summed E-state index contributed by atoms with van der Waals surface area (Å²) in [6.45, 7) is -1.17. The van der Waals surface area contributed by atoms with Gasteiger partial charge in [-0.3, -0.25) is 0 Å². The summed E-state index contributed by atoms with van der Waals surface area (Å²) in [6, 6.07) is -0.250. The van der Waals surface area contributed by atoms with Crippen molar-refractivity contribution in [2.24, 2.45) is 11.7 Å². The van der Waals surface area contributed by atoms with Crippen LogP contribution in [0.25, 0.3) is 0 Å². The topological polar surface area (TPSA) is 35.2 Å². The Morgan fingerprint density at radius 2 is 1.69 bits per heavy atom. The van der Waals surface area contributed by atoms with E-state index in [4.69, 9.17) is 5.73 Å². The summed E-state index contributed by atoms with van der Waals surface area (Å²) in [5, 5.41) is 0. The summed E-state index contributed by atoms with van der Waals surface area (Å²) in [7, 11) is 0. The number of ether oxygens (including phenoxy) is 1. The molecule has 1 saturated carbocycles. The van der Waals surface area contributed by atoms with Crippen molar-refractivity contribution >= 4 is 0 Å². The van der Waals surface area contributed by atoms with Gasteiger partial charge in [-0.2, -0.15) is 13.2 Å². The molecule has 0 aromatic rings. The van der Waals surface area contributed by atoms with Crippen molar-refractivity contribution in [1.29, 1.82) is 0 Å². The summed E-state index contributed by atoms with van der Waals surface area (Å²) >= 11 is 0. The Morgan fingerprint density at radius 1 is 1.12 bits per heavy atom. The zero-order valence-electron chi connectivity index (χ0n) is 9.43. The van der Waals surface area contributed by atoms with Gasteiger partial charge in [0.1, 0.15) is 6.61 Å². The van der Waals surface area contributed by atoms with E-state index in [1.807, 2.05) is 0 Å². The van der Waals surface area contributed by atoms with Gasteiger partial charge in [-0.1, -0.05) is 25.7 Å². The smallest absolute Gasteiger partial charge is 0.370 e. The molecular weight excluding hydrogens is 219 g/mol. The Balaban J connectivity index is 2.20. The van der Waals surface area contributed by atoms with E-state index >= 15 is 0 Å². The predicted octanol–water partition coefficient (Wildman–Crippen LogP) is 2.86. The summed E-state index contributed by atoms with van der Waals surface area (Å²) in [4.78, 5) is 0. The summed E-state index contributed by atoms with van der Waals surface area (Å²) in [6.07, 6.45) is 2.50. The lowest BCUT2D eigenvalue weighted by molar-refractivity contribution is -0.175. The first-order valence-electron chi connectivity index (χ1n) is 5.89. The molecule has 96 valence electrons. The molecule has 0 radical (unpaired) electrons. The minimum Gasteiger partial charge on any atom is -0.370 e. The van der Waals surface area contributed by atoms with Crippen LogP contribution >= 0.6 is 0 Å². The van der Waals surface area contributed by atoms with Crippen LogP contribution in [0, 0.1) is 5.92 Å². The van der Waals surface area contributed by atoms with Crippen LogP contribution in [0.5, 0.6) is 0 Å². The maximum Gasteiger partial charge on any atom is 0.411 e. The molecule has 0 aromatic heterocycles. The van der Waals surface area contributed by atoms with Crippen LogP contribution in [-0.2, 0) is 4.74 Å². The number of nitrogens with two attached hydrogens (primary N) is 1. The Morgan fingerprint density at radius 3 is 2.19 bits per heavy atom. The van der Waals surface area contributed by atoms with Crippen molar-refractivity contribution in [3.8, 4) is 0 Å². The summed E-state index contributed by atoms with van der Waals surface area (Å²) < 4.78 is 40.1. The van der Waals surface area contributed by atoms with Gasteiger partial charge in [0.15, 0.2) is 0 Å². The van der Waals surface area contributed by atoms with Gasteiger partial charge in [0, 0.05) is 6.04 Å². The van der Waals surface area contributed by atoms with Gasteiger partial charge in [-0.15, -0.1) is 0 Å². The van der Waals surface area contributed by atoms with Crippen molar-refractivity contribution in [3.63, 3.8) is 0 Å². The maximum atomic E-state index is 11.8. The Kier molecular flexibility index (Phi) is 5.55. The van der Waals surface area contributed by atoms with Gasteiger partial charge >= 0.3 is 6.18 Å². The van der Waals surface area contributed by atoms with Crippen LogP contribution in [0.1, 0.15) is 38.5 Å². The average molecular weight is 239 g/mol. The highest BCUT2D eigenvalue weighted by Crippen LogP contribution is 2.25. The van der Waals surface area contributed by atoms with Crippen molar-refractivity contribution in [2.75, 3.05) is 13.2 Å². The van der Waals surface area contributed by atoms with Crippen LogP contribution < -0.4 is 5.73 Å². The molecule has 1 atom stereocenters. The Hall–Kier alpha value is -0.290. The fraction of sp³-hybridized carbons (Fsp3) is 1.00. The average Bonchev–Trinajstić information content (AvgIpc) is 2.43. The van der Waals surface area contributed by atoms with Gasteiger partial charge < -0.3 is 10.5 Å². The minimum absolute atomic E-state index is 0.0180. The molecule has 0 spiro atoms. The highest BCUT2D eigenvalue weighted by Gasteiger charge is 2.28. The molecule has 0 saturated heterocycles. The van der Waals surface area contributed by atoms with E-state index in [0.717, 1.165) is 25.7 Å². The fourth-order valence-electron chi connectivity index (χ4n) is 2.19. The van der Waals surface area contributed by atoms with E-state index in [9.17, 15) is 13.2 Å². The normalized spacial score (nSPS) is 21.8. The number of hydrogen-bond donors (Lipinski definition) is 1. The first-order valence-corrected chi connectivity index (χ1v) is 5.89. The second-order valence-electron chi connectivity index (χ2n) is 4.55. The minimum atomic E-state index is -4.25. The quantitative estimate of drug-likeness (QED) is 0.766. The second-order valence-corrected chi connectivity index (χ2v) is 4.55. The van der Waals surface area contributed by atoms with Gasteiger partial charge in [-0.05, 0) is 18.8 Å². The van der Waals surface area contributed by atoms with Crippen LogP contribution in [0.3, 0.4) is 0 Å². The van der Waals surface area contributed by atoms with Gasteiger partial charge in [0.2, 0.25) is 0 Å². The highest BCUT2D eigenvalue weighted by molar-refractivity contribution is 4.75. The molecule has 0 amide bonds. The lowest BCUT2D eigenvalue weighted by Gasteiger charge is -2.22. The molecule has 1 aliphatic rings. The molecule has 2 N–H and O–H groups in total. The predicted molar refractivity (Wildman–Crippen MR) is 56.0 cm³/mol. The highest BCUT2D eigenvalue weighted by atomic mass is 19.4. The van der Waals surface area contributed by atoms with E-state index in [1.54, 1.807) is 0 Å². The Labute approximate surface area is 94.3 Å². The first-order chi connectivity index (χ1) is 7.49. The van der Waals surface area contributed by atoms with Crippen molar-refractivity contribution < 1.29 is 17.9 Å². The number of alkyl halides is 3. The number of halogens is 3. The van der Waals surface area contributed by atoms with Crippen molar-refractivity contribution in [2.45, 2.75) is 50.7 Å². The number of rotatable bonds is 4.